The van der Waals surface area contributed by atoms with E-state index in [2.05, 4.69) is 4.98 Å². The molecule has 3 aromatic rings. The number of amides is 1. The van der Waals surface area contributed by atoms with Crippen molar-refractivity contribution < 1.29 is 14.8 Å². The predicted octanol–water partition coefficient (Wildman–Crippen LogP) is 7.13. The van der Waals surface area contributed by atoms with Crippen LogP contribution in [0.25, 0.3) is 22.4 Å². The van der Waals surface area contributed by atoms with Gasteiger partial charge in [-0.15, -0.1) is 0 Å². The van der Waals surface area contributed by atoms with Crippen LogP contribution in [0.3, 0.4) is 0 Å². The molecular formula is C26H26ClN3O4. The van der Waals surface area contributed by atoms with Crippen LogP contribution in [0.15, 0.2) is 60.7 Å². The number of pyridine rings is 1. The van der Waals surface area contributed by atoms with E-state index in [0.717, 1.165) is 36.0 Å². The Hall–Kier alpha value is -3.45. The molecule has 1 amide bonds. The van der Waals surface area contributed by atoms with E-state index < -0.39 is 22.1 Å². The molecular weight excluding hydrogens is 454 g/mol. The molecule has 0 radical (unpaired) electrons. The smallest absolute Gasteiger partial charge is 0.408 e. The number of carboxylic acid groups (broad SMARTS) is 1. The summed E-state index contributed by atoms with van der Waals surface area (Å²) in [6, 6.07) is 18.4. The fraction of sp³-hybridized carbons (Fsp3) is 0.308. The van der Waals surface area contributed by atoms with Crippen LogP contribution in [0, 0.1) is 10.1 Å². The predicted molar refractivity (Wildman–Crippen MR) is 132 cm³/mol. The third kappa shape index (κ3) is 4.12. The summed E-state index contributed by atoms with van der Waals surface area (Å²) in [5, 5.41) is 21.3. The molecule has 1 aliphatic rings. The van der Waals surface area contributed by atoms with Crippen molar-refractivity contribution in [3.63, 3.8) is 0 Å². The van der Waals surface area contributed by atoms with Crippen LogP contribution >= 0.6 is 11.6 Å². The van der Waals surface area contributed by atoms with Crippen LogP contribution in [0.1, 0.15) is 45.6 Å². The Kier molecular flexibility index (Phi) is 6.08. The number of aromatic nitrogens is 1. The third-order valence-electron chi connectivity index (χ3n) is 6.41. The van der Waals surface area contributed by atoms with E-state index in [4.69, 9.17) is 11.6 Å². The van der Waals surface area contributed by atoms with Gasteiger partial charge in [-0.1, -0.05) is 66.2 Å². The first-order valence-electron chi connectivity index (χ1n) is 11.1. The molecule has 1 fully saturated rings. The molecule has 1 saturated carbocycles. The maximum atomic E-state index is 12.2. The molecule has 7 nitrogen and oxygen atoms in total. The lowest BCUT2D eigenvalue weighted by molar-refractivity contribution is -0.385. The number of rotatable bonds is 5. The molecule has 1 heterocycles. The fourth-order valence-electron chi connectivity index (χ4n) is 4.87. The third-order valence-corrected chi connectivity index (χ3v) is 6.68. The fourth-order valence-corrected chi connectivity index (χ4v) is 5.08. The normalized spacial score (nSPS) is 14.8. The van der Waals surface area contributed by atoms with Gasteiger partial charge in [0, 0.05) is 22.7 Å². The maximum Gasteiger partial charge on any atom is 0.408 e. The summed E-state index contributed by atoms with van der Waals surface area (Å²) >= 11 is 6.17. The first-order chi connectivity index (χ1) is 16.0. The first-order valence-corrected chi connectivity index (χ1v) is 11.5. The van der Waals surface area contributed by atoms with Crippen LogP contribution in [0.2, 0.25) is 5.15 Å². The summed E-state index contributed by atoms with van der Waals surface area (Å²) in [4.78, 5) is 29.1. The first kappa shape index (κ1) is 23.7. The molecule has 34 heavy (non-hydrogen) atoms. The molecule has 0 unspecified atom stereocenters. The molecule has 4 rings (SSSR count). The Bertz CT molecular complexity index is 1230. The SMILES string of the molecule is CC(C)(C)N(C(=O)O)C1(c2ccc(-c3nc(Cl)c([N+](=O)[O-])cc3-c3ccccc3)cc2)CCC1. The van der Waals surface area contributed by atoms with Gasteiger partial charge >= 0.3 is 11.8 Å². The molecule has 0 spiro atoms. The molecule has 176 valence electrons. The van der Waals surface area contributed by atoms with Crippen molar-refractivity contribution in [2.75, 3.05) is 0 Å². The molecule has 0 atom stereocenters. The second-order valence-corrected chi connectivity index (χ2v) is 9.93. The van der Waals surface area contributed by atoms with E-state index in [1.165, 1.54) is 6.07 Å². The van der Waals surface area contributed by atoms with Crippen molar-refractivity contribution in [1.29, 1.82) is 0 Å². The van der Waals surface area contributed by atoms with Crippen LogP contribution < -0.4 is 0 Å². The summed E-state index contributed by atoms with van der Waals surface area (Å²) in [5.41, 5.74) is 2.20. The lowest BCUT2D eigenvalue weighted by atomic mass is 9.69. The van der Waals surface area contributed by atoms with Crippen molar-refractivity contribution in [2.45, 2.75) is 51.1 Å². The van der Waals surface area contributed by atoms with Crippen molar-refractivity contribution in [2.24, 2.45) is 0 Å². The number of carbonyl (C=O) groups is 1. The minimum Gasteiger partial charge on any atom is -0.465 e. The van der Waals surface area contributed by atoms with E-state index in [-0.39, 0.29) is 10.8 Å². The summed E-state index contributed by atoms with van der Waals surface area (Å²) in [6.07, 6.45) is 1.53. The quantitative estimate of drug-likeness (QED) is 0.238. The van der Waals surface area contributed by atoms with E-state index in [1.54, 1.807) is 4.90 Å². The molecule has 1 aliphatic carbocycles. The largest absolute Gasteiger partial charge is 0.465 e. The van der Waals surface area contributed by atoms with Crippen molar-refractivity contribution in [1.82, 2.24) is 9.88 Å². The van der Waals surface area contributed by atoms with Gasteiger partial charge in [-0.3, -0.25) is 15.0 Å². The van der Waals surface area contributed by atoms with Crippen LogP contribution in [-0.2, 0) is 5.54 Å². The second-order valence-electron chi connectivity index (χ2n) is 9.57. The number of nitrogens with zero attached hydrogens (tertiary/aromatic N) is 3. The Balaban J connectivity index is 1.81. The molecule has 1 aromatic heterocycles. The van der Waals surface area contributed by atoms with E-state index in [1.807, 2.05) is 75.4 Å². The summed E-state index contributed by atoms with van der Waals surface area (Å²) in [6.45, 7) is 5.72. The highest BCUT2D eigenvalue weighted by atomic mass is 35.5. The van der Waals surface area contributed by atoms with E-state index in [0.29, 0.717) is 11.3 Å². The number of hydrogen-bond donors (Lipinski definition) is 1. The minimum atomic E-state index is -0.938. The van der Waals surface area contributed by atoms with Gasteiger partial charge in [0.1, 0.15) is 0 Å². The topological polar surface area (TPSA) is 96.6 Å². The monoisotopic (exact) mass is 479 g/mol. The summed E-state index contributed by atoms with van der Waals surface area (Å²) in [7, 11) is 0. The van der Waals surface area contributed by atoms with Gasteiger partial charge < -0.3 is 5.11 Å². The number of hydrogen-bond acceptors (Lipinski definition) is 4. The van der Waals surface area contributed by atoms with Crippen molar-refractivity contribution in [3.05, 3.63) is 81.5 Å². The molecule has 1 N–H and O–H groups in total. The Labute approximate surface area is 203 Å². The van der Waals surface area contributed by atoms with E-state index >= 15 is 0 Å². The van der Waals surface area contributed by atoms with Crippen molar-refractivity contribution in [3.8, 4) is 22.4 Å². The average Bonchev–Trinajstić information content (AvgIpc) is 2.75. The van der Waals surface area contributed by atoms with Gasteiger partial charge in [-0.25, -0.2) is 9.78 Å². The lowest BCUT2D eigenvalue weighted by Crippen LogP contribution is -2.60. The molecule has 0 saturated heterocycles. The highest BCUT2D eigenvalue weighted by molar-refractivity contribution is 6.31. The van der Waals surface area contributed by atoms with Crippen LogP contribution in [0.5, 0.6) is 0 Å². The maximum absolute atomic E-state index is 12.2. The van der Waals surface area contributed by atoms with Gasteiger partial charge in [0.05, 0.1) is 16.2 Å². The lowest BCUT2D eigenvalue weighted by Gasteiger charge is -2.54. The minimum absolute atomic E-state index is 0.177. The Morgan fingerprint density at radius 3 is 2.18 bits per heavy atom. The molecule has 2 aromatic carbocycles. The van der Waals surface area contributed by atoms with Gasteiger partial charge in [0.25, 0.3) is 0 Å². The molecule has 0 aliphatic heterocycles. The number of benzene rings is 2. The van der Waals surface area contributed by atoms with Gasteiger partial charge in [-0.05, 0) is 51.2 Å². The number of halogens is 1. The Morgan fingerprint density at radius 2 is 1.71 bits per heavy atom. The van der Waals surface area contributed by atoms with Gasteiger partial charge in [0.2, 0.25) is 5.15 Å². The molecule has 8 heteroatoms. The highest BCUT2D eigenvalue weighted by Gasteiger charge is 2.50. The van der Waals surface area contributed by atoms with Crippen molar-refractivity contribution >= 4 is 23.4 Å². The van der Waals surface area contributed by atoms with Crippen LogP contribution in [0.4, 0.5) is 10.5 Å². The second kappa shape index (κ2) is 8.72. The van der Waals surface area contributed by atoms with E-state index in [9.17, 15) is 20.0 Å². The summed E-state index contributed by atoms with van der Waals surface area (Å²) < 4.78 is 0. The van der Waals surface area contributed by atoms with Gasteiger partial charge in [0.15, 0.2) is 0 Å². The van der Waals surface area contributed by atoms with Crippen LogP contribution in [-0.4, -0.2) is 31.5 Å². The Morgan fingerprint density at radius 1 is 1.09 bits per heavy atom. The zero-order valence-electron chi connectivity index (χ0n) is 19.3. The molecule has 0 bridgehead atoms. The average molecular weight is 480 g/mol. The zero-order valence-corrected chi connectivity index (χ0v) is 20.0. The zero-order chi connectivity index (χ0) is 24.7. The summed E-state index contributed by atoms with van der Waals surface area (Å²) in [5.74, 6) is 0. The highest BCUT2D eigenvalue weighted by Crippen LogP contribution is 2.50. The van der Waals surface area contributed by atoms with Gasteiger partial charge in [-0.2, -0.15) is 0 Å². The standard InChI is InChI=1S/C26H26ClN3O4/c1-25(2,3)29(24(31)32)26(14-7-15-26)19-12-10-18(11-13-19)22-20(17-8-5-4-6-9-17)16-21(30(33)34)23(27)28-22/h4-6,8-13,16H,7,14-15H2,1-3H3,(H,31,32). The number of nitro groups is 1.